The molecular weight excluding hydrogens is 210 g/mol. The van der Waals surface area contributed by atoms with Crippen molar-refractivity contribution in [2.75, 3.05) is 6.54 Å². The SMILES string of the molecule is CCc1ccc(OC(C)CNC(C)(C)C)cc1. The van der Waals surface area contributed by atoms with E-state index < -0.39 is 0 Å². The van der Waals surface area contributed by atoms with Crippen LogP contribution in [0.15, 0.2) is 24.3 Å². The van der Waals surface area contributed by atoms with Crippen LogP contribution in [0.3, 0.4) is 0 Å². The molecule has 1 atom stereocenters. The topological polar surface area (TPSA) is 21.3 Å². The molecular formula is C15H25NO. The fourth-order valence-corrected chi connectivity index (χ4v) is 1.53. The third kappa shape index (κ3) is 5.73. The van der Waals surface area contributed by atoms with Crippen LogP contribution in [0, 0.1) is 0 Å². The maximum Gasteiger partial charge on any atom is 0.119 e. The van der Waals surface area contributed by atoms with Gasteiger partial charge in [0.15, 0.2) is 0 Å². The number of nitrogens with one attached hydrogen (secondary N) is 1. The largest absolute Gasteiger partial charge is 0.489 e. The minimum Gasteiger partial charge on any atom is -0.489 e. The van der Waals surface area contributed by atoms with Crippen molar-refractivity contribution in [1.29, 1.82) is 0 Å². The van der Waals surface area contributed by atoms with Crippen LogP contribution < -0.4 is 10.1 Å². The van der Waals surface area contributed by atoms with Gasteiger partial charge in [-0.2, -0.15) is 0 Å². The highest BCUT2D eigenvalue weighted by Gasteiger charge is 2.11. The van der Waals surface area contributed by atoms with Gasteiger partial charge in [0.2, 0.25) is 0 Å². The summed E-state index contributed by atoms with van der Waals surface area (Å²) in [6, 6.07) is 8.34. The zero-order valence-electron chi connectivity index (χ0n) is 11.7. The first kappa shape index (κ1) is 14.0. The highest BCUT2D eigenvalue weighted by Crippen LogP contribution is 2.14. The van der Waals surface area contributed by atoms with E-state index in [2.05, 4.69) is 52.1 Å². The average Bonchev–Trinajstić information content (AvgIpc) is 2.27. The summed E-state index contributed by atoms with van der Waals surface area (Å²) >= 11 is 0. The molecule has 0 bridgehead atoms. The molecule has 2 heteroatoms. The van der Waals surface area contributed by atoms with Gasteiger partial charge in [-0.25, -0.2) is 0 Å². The van der Waals surface area contributed by atoms with E-state index in [1.54, 1.807) is 0 Å². The average molecular weight is 235 g/mol. The summed E-state index contributed by atoms with van der Waals surface area (Å²) in [5.41, 5.74) is 1.49. The molecule has 0 spiro atoms. The fourth-order valence-electron chi connectivity index (χ4n) is 1.53. The number of hydrogen-bond acceptors (Lipinski definition) is 2. The first-order valence-corrected chi connectivity index (χ1v) is 6.41. The maximum absolute atomic E-state index is 5.85. The quantitative estimate of drug-likeness (QED) is 0.844. The van der Waals surface area contributed by atoms with Crippen LogP contribution in [0.2, 0.25) is 0 Å². The second kappa shape index (κ2) is 6.06. The molecule has 0 aliphatic carbocycles. The molecule has 0 aromatic heterocycles. The molecule has 0 saturated heterocycles. The van der Waals surface area contributed by atoms with Crippen LogP contribution in [0.4, 0.5) is 0 Å². The van der Waals surface area contributed by atoms with Crippen LogP contribution in [-0.4, -0.2) is 18.2 Å². The highest BCUT2D eigenvalue weighted by molar-refractivity contribution is 5.27. The second-order valence-corrected chi connectivity index (χ2v) is 5.56. The Morgan fingerprint density at radius 1 is 1.18 bits per heavy atom. The summed E-state index contributed by atoms with van der Waals surface area (Å²) in [5, 5.41) is 3.44. The first-order valence-electron chi connectivity index (χ1n) is 6.41. The van der Waals surface area contributed by atoms with E-state index >= 15 is 0 Å². The van der Waals surface area contributed by atoms with Gasteiger partial charge in [-0.15, -0.1) is 0 Å². The summed E-state index contributed by atoms with van der Waals surface area (Å²) in [6.07, 6.45) is 1.25. The lowest BCUT2D eigenvalue weighted by atomic mass is 10.1. The molecule has 0 fully saturated rings. The predicted molar refractivity (Wildman–Crippen MR) is 73.7 cm³/mol. The lowest BCUT2D eigenvalue weighted by Crippen LogP contribution is -2.41. The van der Waals surface area contributed by atoms with Gasteiger partial charge in [-0.3, -0.25) is 0 Å². The highest BCUT2D eigenvalue weighted by atomic mass is 16.5. The molecule has 0 saturated carbocycles. The van der Waals surface area contributed by atoms with Crippen LogP contribution in [0.25, 0.3) is 0 Å². The van der Waals surface area contributed by atoms with Gasteiger partial charge in [0.25, 0.3) is 0 Å². The number of aryl methyl sites for hydroxylation is 1. The van der Waals surface area contributed by atoms with Crippen molar-refractivity contribution in [2.24, 2.45) is 0 Å². The Balaban J connectivity index is 2.42. The Kier molecular flexibility index (Phi) is 5.01. The van der Waals surface area contributed by atoms with Crippen molar-refractivity contribution in [2.45, 2.75) is 52.7 Å². The number of ether oxygens (including phenoxy) is 1. The van der Waals surface area contributed by atoms with Crippen LogP contribution in [0.5, 0.6) is 5.75 Å². The lowest BCUT2D eigenvalue weighted by molar-refractivity contribution is 0.203. The zero-order chi connectivity index (χ0) is 12.9. The number of rotatable bonds is 5. The molecule has 2 nitrogen and oxygen atoms in total. The summed E-state index contributed by atoms with van der Waals surface area (Å²) in [5.74, 6) is 0.949. The molecule has 0 amide bonds. The first-order chi connectivity index (χ1) is 7.90. The molecule has 0 radical (unpaired) electrons. The van der Waals surface area contributed by atoms with Gasteiger partial charge in [-0.05, 0) is 51.8 Å². The van der Waals surface area contributed by atoms with Gasteiger partial charge in [0, 0.05) is 12.1 Å². The van der Waals surface area contributed by atoms with Crippen molar-refractivity contribution < 1.29 is 4.74 Å². The van der Waals surface area contributed by atoms with Gasteiger partial charge in [-0.1, -0.05) is 19.1 Å². The van der Waals surface area contributed by atoms with E-state index in [1.165, 1.54) is 5.56 Å². The summed E-state index contributed by atoms with van der Waals surface area (Å²) < 4.78 is 5.85. The van der Waals surface area contributed by atoms with E-state index in [9.17, 15) is 0 Å². The van der Waals surface area contributed by atoms with Crippen LogP contribution in [-0.2, 0) is 6.42 Å². The lowest BCUT2D eigenvalue weighted by Gasteiger charge is -2.24. The van der Waals surface area contributed by atoms with Gasteiger partial charge in [0.1, 0.15) is 11.9 Å². The Hall–Kier alpha value is -1.02. The minimum absolute atomic E-state index is 0.143. The Labute approximate surface area is 105 Å². The number of hydrogen-bond donors (Lipinski definition) is 1. The standard InChI is InChI=1S/C15H25NO/c1-6-13-7-9-14(10-8-13)17-12(2)11-16-15(3,4)5/h7-10,12,16H,6,11H2,1-5H3. The van der Waals surface area contributed by atoms with Crippen molar-refractivity contribution in [1.82, 2.24) is 5.32 Å². The number of benzene rings is 1. The van der Waals surface area contributed by atoms with Gasteiger partial charge in [0.05, 0.1) is 0 Å². The van der Waals surface area contributed by atoms with Gasteiger partial charge < -0.3 is 10.1 Å². The third-order valence-corrected chi connectivity index (χ3v) is 2.59. The normalized spacial score (nSPS) is 13.5. The summed E-state index contributed by atoms with van der Waals surface area (Å²) in [7, 11) is 0. The zero-order valence-corrected chi connectivity index (χ0v) is 11.7. The fraction of sp³-hybridized carbons (Fsp3) is 0.600. The minimum atomic E-state index is 0.143. The van der Waals surface area contributed by atoms with Gasteiger partial charge >= 0.3 is 0 Å². The molecule has 96 valence electrons. The molecule has 1 aromatic rings. The summed E-state index contributed by atoms with van der Waals surface area (Å²) in [4.78, 5) is 0. The van der Waals surface area contributed by atoms with E-state index in [-0.39, 0.29) is 11.6 Å². The van der Waals surface area contributed by atoms with Crippen molar-refractivity contribution in [3.63, 3.8) is 0 Å². The Morgan fingerprint density at radius 2 is 1.76 bits per heavy atom. The van der Waals surface area contributed by atoms with Crippen LogP contribution >= 0.6 is 0 Å². The van der Waals surface area contributed by atoms with Crippen molar-refractivity contribution in [3.8, 4) is 5.75 Å². The van der Waals surface area contributed by atoms with E-state index in [4.69, 9.17) is 4.74 Å². The Morgan fingerprint density at radius 3 is 2.24 bits per heavy atom. The van der Waals surface area contributed by atoms with Crippen molar-refractivity contribution in [3.05, 3.63) is 29.8 Å². The molecule has 1 N–H and O–H groups in total. The molecule has 1 aromatic carbocycles. The van der Waals surface area contributed by atoms with Crippen LogP contribution in [0.1, 0.15) is 40.2 Å². The molecule has 0 heterocycles. The van der Waals surface area contributed by atoms with E-state index in [1.807, 2.05) is 12.1 Å². The third-order valence-electron chi connectivity index (χ3n) is 2.59. The van der Waals surface area contributed by atoms with Crippen molar-refractivity contribution >= 4 is 0 Å². The molecule has 1 unspecified atom stereocenters. The van der Waals surface area contributed by atoms with E-state index in [0.29, 0.717) is 0 Å². The van der Waals surface area contributed by atoms with E-state index in [0.717, 1.165) is 18.7 Å². The predicted octanol–water partition coefficient (Wildman–Crippen LogP) is 3.40. The smallest absolute Gasteiger partial charge is 0.119 e. The molecule has 1 rings (SSSR count). The Bertz CT molecular complexity index is 324. The molecule has 17 heavy (non-hydrogen) atoms. The molecule has 0 aliphatic rings. The molecule has 0 aliphatic heterocycles. The summed E-state index contributed by atoms with van der Waals surface area (Å²) in [6.45, 7) is 11.6. The second-order valence-electron chi connectivity index (χ2n) is 5.56. The maximum atomic E-state index is 5.85. The monoisotopic (exact) mass is 235 g/mol.